The second kappa shape index (κ2) is 11.5. The predicted molar refractivity (Wildman–Crippen MR) is 137 cm³/mol. The first-order chi connectivity index (χ1) is 16.4. The minimum atomic E-state index is -0.352. The molecular weight excluding hydrogens is 430 g/mol. The van der Waals surface area contributed by atoms with Crippen LogP contribution in [0.4, 0.5) is 11.8 Å². The van der Waals surface area contributed by atoms with E-state index in [1.807, 2.05) is 42.5 Å². The molecule has 1 atom stereocenters. The van der Waals surface area contributed by atoms with Crippen molar-refractivity contribution in [1.29, 1.82) is 0 Å². The summed E-state index contributed by atoms with van der Waals surface area (Å²) in [5.74, 6) is 2.66. The maximum atomic E-state index is 11.6. The molecule has 0 aliphatic carbocycles. The van der Waals surface area contributed by atoms with Crippen molar-refractivity contribution in [3.05, 3.63) is 48.0 Å². The van der Waals surface area contributed by atoms with Crippen LogP contribution in [0.5, 0.6) is 11.5 Å². The highest BCUT2D eigenvalue weighted by Crippen LogP contribution is 2.28. The van der Waals surface area contributed by atoms with Gasteiger partial charge in [-0.2, -0.15) is 4.98 Å². The van der Waals surface area contributed by atoms with Crippen molar-refractivity contribution >= 4 is 28.6 Å². The molecule has 1 amide bonds. The standard InChI is InChI=1S/C26H35N5O3/c1-6-7-14-26(3,17-28-18(2)32)31-24-21-10-8-9-11-22(21)29-25(30-24)27-16-19-12-13-20(33-4)15-23(19)34-5/h8-13,15H,6-7,14,16-17H2,1-5H3,(H,28,32)(H2,27,29,30,31)/t26-/m1/s1. The van der Waals surface area contributed by atoms with E-state index < -0.39 is 0 Å². The van der Waals surface area contributed by atoms with Gasteiger partial charge in [-0.05, 0) is 37.6 Å². The largest absolute Gasteiger partial charge is 0.497 e. The molecule has 8 nitrogen and oxygen atoms in total. The highest BCUT2D eigenvalue weighted by atomic mass is 16.5. The number of aromatic nitrogens is 2. The van der Waals surface area contributed by atoms with Crippen LogP contribution in [0, 0.1) is 0 Å². The fourth-order valence-corrected chi connectivity index (χ4v) is 3.79. The molecule has 3 N–H and O–H groups in total. The molecule has 8 heteroatoms. The Kier molecular flexibility index (Phi) is 8.51. The Bertz CT molecular complexity index is 1120. The summed E-state index contributed by atoms with van der Waals surface area (Å²) < 4.78 is 10.8. The number of carbonyl (C=O) groups is 1. The summed E-state index contributed by atoms with van der Waals surface area (Å²) in [4.78, 5) is 21.1. The summed E-state index contributed by atoms with van der Waals surface area (Å²) >= 11 is 0. The Morgan fingerprint density at radius 1 is 1.09 bits per heavy atom. The molecule has 0 aliphatic heterocycles. The average molecular weight is 466 g/mol. The summed E-state index contributed by atoms with van der Waals surface area (Å²) in [6.45, 7) is 6.81. The Morgan fingerprint density at radius 2 is 1.88 bits per heavy atom. The SMILES string of the molecule is CCCC[C@](C)(CNC(C)=O)Nc1nc(NCc2ccc(OC)cc2OC)nc2ccccc12. The van der Waals surface area contributed by atoms with Gasteiger partial charge in [-0.25, -0.2) is 4.98 Å². The van der Waals surface area contributed by atoms with Gasteiger partial charge in [0, 0.05) is 37.0 Å². The Hall–Kier alpha value is -3.55. The molecule has 0 saturated heterocycles. The number of hydrogen-bond donors (Lipinski definition) is 3. The van der Waals surface area contributed by atoms with Crippen LogP contribution in [-0.2, 0) is 11.3 Å². The van der Waals surface area contributed by atoms with Crippen LogP contribution in [0.1, 0.15) is 45.6 Å². The van der Waals surface area contributed by atoms with Gasteiger partial charge < -0.3 is 25.4 Å². The zero-order valence-electron chi connectivity index (χ0n) is 20.7. The van der Waals surface area contributed by atoms with Crippen LogP contribution < -0.4 is 25.4 Å². The Balaban J connectivity index is 1.89. The normalized spacial score (nSPS) is 12.6. The van der Waals surface area contributed by atoms with Gasteiger partial charge in [0.25, 0.3) is 0 Å². The maximum Gasteiger partial charge on any atom is 0.225 e. The van der Waals surface area contributed by atoms with Crippen LogP contribution in [0.2, 0.25) is 0 Å². The van der Waals surface area contributed by atoms with Crippen LogP contribution in [-0.4, -0.2) is 42.2 Å². The van der Waals surface area contributed by atoms with E-state index in [9.17, 15) is 4.79 Å². The number of rotatable bonds is 12. The number of benzene rings is 2. The fourth-order valence-electron chi connectivity index (χ4n) is 3.79. The Morgan fingerprint density at radius 3 is 2.59 bits per heavy atom. The van der Waals surface area contributed by atoms with E-state index in [0.29, 0.717) is 19.0 Å². The van der Waals surface area contributed by atoms with Crippen molar-refractivity contribution in [3.63, 3.8) is 0 Å². The summed E-state index contributed by atoms with van der Waals surface area (Å²) in [7, 11) is 3.27. The van der Waals surface area contributed by atoms with Crippen molar-refractivity contribution in [3.8, 4) is 11.5 Å². The first kappa shape index (κ1) is 25.1. The number of unbranched alkanes of at least 4 members (excludes halogenated alkanes) is 1. The van der Waals surface area contributed by atoms with Gasteiger partial charge in [0.05, 0.1) is 25.3 Å². The second-order valence-electron chi connectivity index (χ2n) is 8.64. The van der Waals surface area contributed by atoms with Gasteiger partial charge >= 0.3 is 0 Å². The summed E-state index contributed by atoms with van der Waals surface area (Å²) in [6, 6.07) is 13.6. The van der Waals surface area contributed by atoms with Crippen LogP contribution in [0.15, 0.2) is 42.5 Å². The second-order valence-corrected chi connectivity index (χ2v) is 8.64. The number of para-hydroxylation sites is 1. The van der Waals surface area contributed by atoms with Crippen LogP contribution in [0.25, 0.3) is 10.9 Å². The molecule has 0 unspecified atom stereocenters. The molecule has 34 heavy (non-hydrogen) atoms. The molecule has 182 valence electrons. The zero-order chi connectivity index (χ0) is 24.6. The lowest BCUT2D eigenvalue weighted by Gasteiger charge is -2.32. The molecule has 2 aromatic carbocycles. The number of hydrogen-bond acceptors (Lipinski definition) is 7. The van der Waals surface area contributed by atoms with Crippen molar-refractivity contribution in [2.24, 2.45) is 0 Å². The topological polar surface area (TPSA) is 97.4 Å². The van der Waals surface area contributed by atoms with Gasteiger partial charge in [-0.3, -0.25) is 4.79 Å². The zero-order valence-corrected chi connectivity index (χ0v) is 20.7. The number of methoxy groups -OCH3 is 2. The minimum Gasteiger partial charge on any atom is -0.497 e. The number of nitrogens with zero attached hydrogens (tertiary/aromatic N) is 2. The Labute approximate surface area is 201 Å². The lowest BCUT2D eigenvalue weighted by Crippen LogP contribution is -2.46. The quantitative estimate of drug-likeness (QED) is 0.355. The molecule has 0 bridgehead atoms. The van der Waals surface area contributed by atoms with E-state index in [2.05, 4.69) is 29.8 Å². The molecule has 0 saturated carbocycles. The van der Waals surface area contributed by atoms with Crippen molar-refractivity contribution in [2.45, 2.75) is 52.1 Å². The van der Waals surface area contributed by atoms with Gasteiger partial charge in [0.1, 0.15) is 17.3 Å². The average Bonchev–Trinajstić information content (AvgIpc) is 2.85. The van der Waals surface area contributed by atoms with E-state index >= 15 is 0 Å². The number of carbonyl (C=O) groups excluding carboxylic acids is 1. The molecule has 1 aromatic heterocycles. The number of ether oxygens (including phenoxy) is 2. The first-order valence-electron chi connectivity index (χ1n) is 11.6. The third-order valence-electron chi connectivity index (χ3n) is 5.76. The van der Waals surface area contributed by atoms with Crippen molar-refractivity contribution < 1.29 is 14.3 Å². The molecule has 0 aliphatic rings. The van der Waals surface area contributed by atoms with Crippen molar-refractivity contribution in [1.82, 2.24) is 15.3 Å². The van der Waals surface area contributed by atoms with Gasteiger partial charge in [-0.15, -0.1) is 0 Å². The highest BCUT2D eigenvalue weighted by molar-refractivity contribution is 5.90. The van der Waals surface area contributed by atoms with E-state index in [1.165, 1.54) is 6.92 Å². The molecule has 0 fully saturated rings. The lowest BCUT2D eigenvalue weighted by molar-refractivity contribution is -0.119. The number of amides is 1. The number of nitrogens with one attached hydrogen (secondary N) is 3. The third-order valence-corrected chi connectivity index (χ3v) is 5.76. The third kappa shape index (κ3) is 6.50. The highest BCUT2D eigenvalue weighted by Gasteiger charge is 2.25. The number of anilines is 2. The summed E-state index contributed by atoms with van der Waals surface area (Å²) in [5, 5.41) is 10.8. The van der Waals surface area contributed by atoms with E-state index in [4.69, 9.17) is 19.4 Å². The van der Waals surface area contributed by atoms with Gasteiger partial charge in [0.2, 0.25) is 11.9 Å². The van der Waals surface area contributed by atoms with Gasteiger partial charge in [0.15, 0.2) is 0 Å². The molecule has 0 spiro atoms. The minimum absolute atomic E-state index is 0.0483. The summed E-state index contributed by atoms with van der Waals surface area (Å²) in [5.41, 5.74) is 1.45. The number of fused-ring (bicyclic) bond motifs is 1. The van der Waals surface area contributed by atoms with E-state index in [0.717, 1.165) is 53.0 Å². The molecule has 3 aromatic rings. The lowest BCUT2D eigenvalue weighted by atomic mass is 9.94. The monoisotopic (exact) mass is 465 g/mol. The van der Waals surface area contributed by atoms with Gasteiger partial charge in [-0.1, -0.05) is 31.9 Å². The van der Waals surface area contributed by atoms with E-state index in [1.54, 1.807) is 14.2 Å². The van der Waals surface area contributed by atoms with Crippen molar-refractivity contribution in [2.75, 3.05) is 31.4 Å². The molecule has 3 rings (SSSR count). The maximum absolute atomic E-state index is 11.6. The summed E-state index contributed by atoms with van der Waals surface area (Å²) in [6.07, 6.45) is 3.00. The fraction of sp³-hybridized carbons (Fsp3) is 0.423. The predicted octanol–water partition coefficient (Wildman–Crippen LogP) is 4.76. The van der Waals surface area contributed by atoms with Crippen LogP contribution >= 0.6 is 0 Å². The van der Waals surface area contributed by atoms with E-state index in [-0.39, 0.29) is 11.4 Å². The molecule has 1 heterocycles. The first-order valence-corrected chi connectivity index (χ1v) is 11.6. The van der Waals surface area contributed by atoms with Crippen LogP contribution in [0.3, 0.4) is 0 Å². The smallest absolute Gasteiger partial charge is 0.225 e. The molecular formula is C26H35N5O3. The molecule has 0 radical (unpaired) electrons.